The van der Waals surface area contributed by atoms with E-state index in [0.29, 0.717) is 17.9 Å². The second kappa shape index (κ2) is 7.64. The van der Waals surface area contributed by atoms with Gasteiger partial charge in [-0.3, -0.25) is 10.1 Å². The van der Waals surface area contributed by atoms with Gasteiger partial charge < -0.3 is 10.2 Å². The van der Waals surface area contributed by atoms with Gasteiger partial charge in [-0.2, -0.15) is 0 Å². The monoisotopic (exact) mass is 302 g/mol. The van der Waals surface area contributed by atoms with Crippen LogP contribution in [0.5, 0.6) is 0 Å². The lowest BCUT2D eigenvalue weighted by molar-refractivity contribution is -0.404. The Morgan fingerprint density at radius 3 is 2.90 bits per heavy atom. The molecule has 1 aromatic heterocycles. The first kappa shape index (κ1) is 16.2. The van der Waals surface area contributed by atoms with Crippen LogP contribution in [0.4, 0.5) is 4.39 Å². The SMILES string of the molecule is CCCN(Cc1cnc(Cl)cc1F)/C(=C/[N+](=O)[O-])NC. The minimum atomic E-state index is -0.551. The molecule has 0 fully saturated rings. The number of hydrogen-bond donors (Lipinski definition) is 1. The molecule has 0 bridgehead atoms. The topological polar surface area (TPSA) is 71.3 Å². The van der Waals surface area contributed by atoms with Crippen LogP contribution in [0.15, 0.2) is 24.3 Å². The first-order valence-corrected chi connectivity index (χ1v) is 6.43. The van der Waals surface area contributed by atoms with Crippen LogP contribution in [0.2, 0.25) is 5.15 Å². The van der Waals surface area contributed by atoms with Gasteiger partial charge in [0.15, 0.2) is 5.82 Å². The first-order chi connectivity index (χ1) is 9.47. The zero-order valence-corrected chi connectivity index (χ0v) is 12.0. The second-order valence-corrected chi connectivity index (χ2v) is 4.46. The fraction of sp³-hybridized carbons (Fsp3) is 0.417. The lowest BCUT2D eigenvalue weighted by Crippen LogP contribution is -2.31. The summed E-state index contributed by atoms with van der Waals surface area (Å²) in [4.78, 5) is 15.6. The molecule has 1 aromatic rings. The lowest BCUT2D eigenvalue weighted by atomic mass is 10.2. The van der Waals surface area contributed by atoms with Crippen molar-refractivity contribution in [2.45, 2.75) is 19.9 Å². The normalized spacial score (nSPS) is 11.3. The van der Waals surface area contributed by atoms with Crippen LogP contribution < -0.4 is 5.32 Å². The Hall–Kier alpha value is -1.89. The second-order valence-electron chi connectivity index (χ2n) is 4.07. The molecule has 0 aliphatic rings. The number of nitrogens with zero attached hydrogens (tertiary/aromatic N) is 3. The van der Waals surface area contributed by atoms with Gasteiger partial charge in [0.2, 0.25) is 0 Å². The summed E-state index contributed by atoms with van der Waals surface area (Å²) >= 11 is 5.60. The minimum absolute atomic E-state index is 0.0722. The maximum Gasteiger partial charge on any atom is 0.274 e. The molecule has 110 valence electrons. The Balaban J connectivity index is 2.99. The molecule has 1 N–H and O–H groups in total. The van der Waals surface area contributed by atoms with Crippen molar-refractivity contribution >= 4 is 11.6 Å². The van der Waals surface area contributed by atoms with Crippen LogP contribution in [-0.4, -0.2) is 28.4 Å². The van der Waals surface area contributed by atoms with Gasteiger partial charge in [-0.05, 0) is 6.42 Å². The largest absolute Gasteiger partial charge is 0.370 e. The molecular formula is C12H16ClFN4O2. The summed E-state index contributed by atoms with van der Waals surface area (Å²) in [6, 6.07) is 1.12. The molecule has 0 aliphatic carbocycles. The van der Waals surface area contributed by atoms with E-state index in [0.717, 1.165) is 18.7 Å². The summed E-state index contributed by atoms with van der Waals surface area (Å²) in [5, 5.41) is 13.4. The summed E-state index contributed by atoms with van der Waals surface area (Å²) in [7, 11) is 1.58. The zero-order chi connectivity index (χ0) is 15.1. The predicted molar refractivity (Wildman–Crippen MR) is 74.0 cm³/mol. The Morgan fingerprint density at radius 1 is 1.70 bits per heavy atom. The third-order valence-electron chi connectivity index (χ3n) is 2.58. The van der Waals surface area contributed by atoms with E-state index in [1.54, 1.807) is 11.9 Å². The molecule has 0 aliphatic heterocycles. The molecule has 0 saturated heterocycles. The summed E-state index contributed by atoms with van der Waals surface area (Å²) in [6.45, 7) is 2.65. The molecule has 0 atom stereocenters. The molecular weight excluding hydrogens is 287 g/mol. The van der Waals surface area contributed by atoms with Crippen molar-refractivity contribution in [3.8, 4) is 0 Å². The molecule has 1 rings (SSSR count). The standard InChI is InChI=1S/C12H16ClFN4O2/c1-3-4-17(12(15-2)8-18(19)20)7-9-6-16-11(13)5-10(9)14/h5-6,8,15H,3-4,7H2,1-2H3/b12-8+. The molecule has 0 unspecified atom stereocenters. The number of nitro groups is 1. The van der Waals surface area contributed by atoms with Gasteiger partial charge >= 0.3 is 0 Å². The Kier molecular flexibility index (Phi) is 6.17. The van der Waals surface area contributed by atoms with Crippen molar-refractivity contribution in [2.24, 2.45) is 0 Å². The van der Waals surface area contributed by atoms with Gasteiger partial charge in [0, 0.05) is 38.0 Å². The highest BCUT2D eigenvalue weighted by atomic mass is 35.5. The number of nitrogens with one attached hydrogen (secondary N) is 1. The Morgan fingerprint density at radius 2 is 2.40 bits per heavy atom. The molecule has 8 heteroatoms. The Labute approximate surface area is 121 Å². The molecule has 6 nitrogen and oxygen atoms in total. The van der Waals surface area contributed by atoms with E-state index in [-0.39, 0.29) is 11.7 Å². The van der Waals surface area contributed by atoms with Crippen molar-refractivity contribution in [1.82, 2.24) is 15.2 Å². The number of hydrogen-bond acceptors (Lipinski definition) is 5. The molecule has 0 radical (unpaired) electrons. The van der Waals surface area contributed by atoms with Crippen molar-refractivity contribution in [1.29, 1.82) is 0 Å². The van der Waals surface area contributed by atoms with E-state index in [2.05, 4.69) is 10.3 Å². The van der Waals surface area contributed by atoms with Crippen LogP contribution >= 0.6 is 11.6 Å². The number of aromatic nitrogens is 1. The van der Waals surface area contributed by atoms with Crippen molar-refractivity contribution in [3.63, 3.8) is 0 Å². The molecule has 0 saturated carbocycles. The van der Waals surface area contributed by atoms with E-state index in [4.69, 9.17) is 11.6 Å². The van der Waals surface area contributed by atoms with Crippen LogP contribution in [0.1, 0.15) is 18.9 Å². The summed E-state index contributed by atoms with van der Waals surface area (Å²) in [6.07, 6.45) is 2.95. The van der Waals surface area contributed by atoms with Crippen LogP contribution in [0.25, 0.3) is 0 Å². The zero-order valence-electron chi connectivity index (χ0n) is 11.3. The van der Waals surface area contributed by atoms with E-state index in [1.165, 1.54) is 6.20 Å². The summed E-state index contributed by atoms with van der Waals surface area (Å²) in [5.74, 6) is -0.172. The van der Waals surface area contributed by atoms with Crippen LogP contribution in [0.3, 0.4) is 0 Å². The Bertz CT molecular complexity index is 510. The van der Waals surface area contributed by atoms with Gasteiger partial charge in [0.05, 0.1) is 4.92 Å². The van der Waals surface area contributed by atoms with Crippen molar-refractivity contribution in [3.05, 3.63) is 50.9 Å². The van der Waals surface area contributed by atoms with Crippen molar-refractivity contribution < 1.29 is 9.31 Å². The first-order valence-electron chi connectivity index (χ1n) is 6.05. The van der Waals surface area contributed by atoms with Gasteiger partial charge in [0.1, 0.15) is 11.0 Å². The maximum atomic E-state index is 13.8. The van der Waals surface area contributed by atoms with Gasteiger partial charge in [-0.1, -0.05) is 18.5 Å². The van der Waals surface area contributed by atoms with E-state index in [9.17, 15) is 14.5 Å². The fourth-order valence-electron chi connectivity index (χ4n) is 1.72. The highest BCUT2D eigenvalue weighted by Gasteiger charge is 2.14. The van der Waals surface area contributed by atoms with Gasteiger partial charge in [0.25, 0.3) is 6.20 Å². The number of rotatable bonds is 7. The predicted octanol–water partition coefficient (Wildman–Crippen LogP) is 2.38. The summed E-state index contributed by atoms with van der Waals surface area (Å²) < 4.78 is 13.8. The van der Waals surface area contributed by atoms with Gasteiger partial charge in [-0.25, -0.2) is 9.37 Å². The quantitative estimate of drug-likeness (QED) is 0.476. The average molecular weight is 303 g/mol. The van der Waals surface area contributed by atoms with Crippen molar-refractivity contribution in [2.75, 3.05) is 13.6 Å². The van der Waals surface area contributed by atoms with Crippen LogP contribution in [-0.2, 0) is 6.54 Å². The maximum absolute atomic E-state index is 13.8. The minimum Gasteiger partial charge on any atom is -0.370 e. The number of halogens is 2. The van der Waals surface area contributed by atoms with E-state index < -0.39 is 10.7 Å². The average Bonchev–Trinajstić information content (AvgIpc) is 2.38. The third kappa shape index (κ3) is 4.65. The molecule has 20 heavy (non-hydrogen) atoms. The number of pyridine rings is 1. The smallest absolute Gasteiger partial charge is 0.274 e. The lowest BCUT2D eigenvalue weighted by Gasteiger charge is -2.25. The molecule has 0 spiro atoms. The molecule has 1 heterocycles. The fourth-order valence-corrected chi connectivity index (χ4v) is 1.86. The third-order valence-corrected chi connectivity index (χ3v) is 2.78. The molecule has 0 amide bonds. The summed E-state index contributed by atoms with van der Waals surface area (Å²) in [5.41, 5.74) is 0.326. The van der Waals surface area contributed by atoms with Gasteiger partial charge in [-0.15, -0.1) is 0 Å². The molecule has 0 aromatic carbocycles. The highest BCUT2D eigenvalue weighted by molar-refractivity contribution is 6.29. The van der Waals surface area contributed by atoms with E-state index in [1.807, 2.05) is 6.92 Å². The van der Waals surface area contributed by atoms with Crippen LogP contribution in [0, 0.1) is 15.9 Å². The van der Waals surface area contributed by atoms with E-state index >= 15 is 0 Å². The highest BCUT2D eigenvalue weighted by Crippen LogP contribution is 2.15.